The van der Waals surface area contributed by atoms with Crippen LogP contribution in [-0.2, 0) is 7.05 Å². The van der Waals surface area contributed by atoms with E-state index in [2.05, 4.69) is 15.2 Å². The van der Waals surface area contributed by atoms with Gasteiger partial charge in [0.25, 0.3) is 11.5 Å². The quantitative estimate of drug-likeness (QED) is 0.714. The van der Waals surface area contributed by atoms with E-state index in [0.717, 1.165) is 23.1 Å². The molecule has 0 bridgehead atoms. The summed E-state index contributed by atoms with van der Waals surface area (Å²) in [7, 11) is 1.52. The van der Waals surface area contributed by atoms with Crippen LogP contribution in [0.4, 0.5) is 0 Å². The molecule has 8 nitrogen and oxygen atoms in total. The summed E-state index contributed by atoms with van der Waals surface area (Å²) < 4.78 is 6.58. The second-order valence-corrected chi connectivity index (χ2v) is 6.16. The largest absolute Gasteiger partial charge is 0.337 e. The highest BCUT2D eigenvalue weighted by Gasteiger charge is 2.35. The van der Waals surface area contributed by atoms with Crippen LogP contribution in [0.5, 0.6) is 0 Å². The molecule has 8 heteroatoms. The van der Waals surface area contributed by atoms with Crippen molar-refractivity contribution in [2.24, 2.45) is 7.05 Å². The van der Waals surface area contributed by atoms with E-state index in [0.29, 0.717) is 18.3 Å². The van der Waals surface area contributed by atoms with Crippen LogP contribution < -0.4 is 5.56 Å². The summed E-state index contributed by atoms with van der Waals surface area (Å²) in [5, 5.41) is 8.08. The second kappa shape index (κ2) is 6.55. The van der Waals surface area contributed by atoms with Gasteiger partial charge < -0.3 is 9.42 Å². The summed E-state index contributed by atoms with van der Waals surface area (Å²) >= 11 is 0. The number of amides is 1. The number of hydrogen-bond acceptors (Lipinski definition) is 6. The lowest BCUT2D eigenvalue weighted by atomic mass is 10.2. The molecule has 0 spiro atoms. The molecule has 0 unspecified atom stereocenters. The van der Waals surface area contributed by atoms with E-state index in [-0.39, 0.29) is 23.2 Å². The van der Waals surface area contributed by atoms with E-state index in [1.54, 1.807) is 4.90 Å². The molecule has 26 heavy (non-hydrogen) atoms. The summed E-state index contributed by atoms with van der Waals surface area (Å²) in [6.45, 7) is 0.580. The molecule has 0 radical (unpaired) electrons. The fourth-order valence-corrected chi connectivity index (χ4v) is 3.11. The Morgan fingerprint density at radius 3 is 2.77 bits per heavy atom. The summed E-state index contributed by atoms with van der Waals surface area (Å²) in [4.78, 5) is 30.5. The smallest absolute Gasteiger partial charge is 0.274 e. The van der Waals surface area contributed by atoms with Gasteiger partial charge in [0.05, 0.1) is 0 Å². The minimum Gasteiger partial charge on any atom is -0.337 e. The van der Waals surface area contributed by atoms with Crippen LogP contribution in [0.15, 0.2) is 51.8 Å². The molecule has 1 saturated heterocycles. The van der Waals surface area contributed by atoms with Crippen molar-refractivity contribution in [3.63, 3.8) is 0 Å². The minimum atomic E-state index is -0.286. The zero-order chi connectivity index (χ0) is 18.1. The standard InChI is InChI=1S/C18H17N5O3/c1-22-15(24)10-9-13(20-22)18(25)23-11-5-8-14(23)17-19-16(21-26-17)12-6-3-2-4-7-12/h2-4,6-7,9-10,14H,5,8,11H2,1H3/t14-/m0/s1. The van der Waals surface area contributed by atoms with Crippen LogP contribution in [-0.4, -0.2) is 37.3 Å². The van der Waals surface area contributed by atoms with Crippen molar-refractivity contribution in [3.8, 4) is 11.4 Å². The van der Waals surface area contributed by atoms with Crippen molar-refractivity contribution in [2.45, 2.75) is 18.9 Å². The topological polar surface area (TPSA) is 94.1 Å². The third kappa shape index (κ3) is 2.90. The van der Waals surface area contributed by atoms with E-state index in [4.69, 9.17) is 4.52 Å². The third-order valence-corrected chi connectivity index (χ3v) is 4.45. The van der Waals surface area contributed by atoms with Crippen molar-refractivity contribution >= 4 is 5.91 Å². The predicted molar refractivity (Wildman–Crippen MR) is 92.2 cm³/mol. The Balaban J connectivity index is 1.60. The van der Waals surface area contributed by atoms with Crippen LogP contribution in [0.3, 0.4) is 0 Å². The van der Waals surface area contributed by atoms with E-state index < -0.39 is 0 Å². The fraction of sp³-hybridized carbons (Fsp3) is 0.278. The van der Waals surface area contributed by atoms with Gasteiger partial charge in [0.15, 0.2) is 0 Å². The number of likely N-dealkylation sites (tertiary alicyclic amines) is 1. The van der Waals surface area contributed by atoms with Gasteiger partial charge in [0, 0.05) is 25.2 Å². The van der Waals surface area contributed by atoms with Crippen LogP contribution in [0.1, 0.15) is 35.3 Å². The van der Waals surface area contributed by atoms with Gasteiger partial charge in [-0.05, 0) is 18.9 Å². The van der Waals surface area contributed by atoms with Gasteiger partial charge in [-0.3, -0.25) is 9.59 Å². The molecule has 3 heterocycles. The second-order valence-electron chi connectivity index (χ2n) is 6.16. The van der Waals surface area contributed by atoms with Crippen LogP contribution in [0.2, 0.25) is 0 Å². The van der Waals surface area contributed by atoms with Gasteiger partial charge >= 0.3 is 0 Å². The number of aryl methyl sites for hydroxylation is 1. The Morgan fingerprint density at radius 2 is 2.00 bits per heavy atom. The summed E-state index contributed by atoms with van der Waals surface area (Å²) in [5.74, 6) is 0.669. The molecule has 1 aliphatic heterocycles. The first-order chi connectivity index (χ1) is 12.6. The van der Waals surface area contributed by atoms with Crippen molar-refractivity contribution in [1.82, 2.24) is 24.8 Å². The number of hydrogen-bond donors (Lipinski definition) is 0. The Kier molecular flexibility index (Phi) is 4.08. The van der Waals surface area contributed by atoms with Gasteiger partial charge in [-0.2, -0.15) is 10.1 Å². The lowest BCUT2D eigenvalue weighted by Crippen LogP contribution is -2.33. The molecule has 132 valence electrons. The average Bonchev–Trinajstić information content (AvgIpc) is 3.33. The Hall–Kier alpha value is -3.29. The van der Waals surface area contributed by atoms with Gasteiger partial charge in [-0.25, -0.2) is 4.68 Å². The molecule has 1 aliphatic rings. The molecular formula is C18H17N5O3. The number of nitrogens with zero attached hydrogens (tertiary/aromatic N) is 5. The van der Waals surface area contributed by atoms with Crippen LogP contribution >= 0.6 is 0 Å². The van der Waals surface area contributed by atoms with Gasteiger partial charge in [-0.1, -0.05) is 35.5 Å². The third-order valence-electron chi connectivity index (χ3n) is 4.45. The first kappa shape index (κ1) is 16.2. The minimum absolute atomic E-state index is 0.224. The maximum absolute atomic E-state index is 12.8. The zero-order valence-electron chi connectivity index (χ0n) is 14.2. The molecule has 0 saturated carbocycles. The monoisotopic (exact) mass is 351 g/mol. The first-order valence-electron chi connectivity index (χ1n) is 8.38. The Labute approximate surface area is 149 Å². The SMILES string of the molecule is Cn1nc(C(=O)N2CCC[C@H]2c2nc(-c3ccccc3)no2)ccc1=O. The van der Waals surface area contributed by atoms with Gasteiger partial charge in [-0.15, -0.1) is 0 Å². The van der Waals surface area contributed by atoms with Gasteiger partial charge in [0.1, 0.15) is 11.7 Å². The first-order valence-corrected chi connectivity index (χ1v) is 8.38. The van der Waals surface area contributed by atoms with Gasteiger partial charge in [0.2, 0.25) is 11.7 Å². The van der Waals surface area contributed by atoms with Crippen molar-refractivity contribution < 1.29 is 9.32 Å². The summed E-state index contributed by atoms with van der Waals surface area (Å²) in [5.41, 5.74) is 0.823. The molecule has 4 rings (SSSR count). The number of carbonyl (C=O) groups excluding carboxylic acids is 1. The average molecular weight is 351 g/mol. The van der Waals surface area contributed by atoms with Crippen LogP contribution in [0.25, 0.3) is 11.4 Å². The number of benzene rings is 1. The fourth-order valence-electron chi connectivity index (χ4n) is 3.11. The number of aromatic nitrogens is 4. The summed E-state index contributed by atoms with van der Waals surface area (Å²) in [6, 6.07) is 12.0. The van der Waals surface area contributed by atoms with Crippen molar-refractivity contribution in [2.75, 3.05) is 6.54 Å². The lowest BCUT2D eigenvalue weighted by molar-refractivity contribution is 0.0701. The highest BCUT2D eigenvalue weighted by Crippen LogP contribution is 2.32. The van der Waals surface area contributed by atoms with E-state index in [1.165, 1.54) is 19.2 Å². The van der Waals surface area contributed by atoms with Crippen LogP contribution in [0, 0.1) is 0 Å². The maximum atomic E-state index is 12.8. The van der Waals surface area contributed by atoms with E-state index in [9.17, 15) is 9.59 Å². The molecule has 1 fully saturated rings. The molecule has 2 aromatic heterocycles. The van der Waals surface area contributed by atoms with Crippen molar-refractivity contribution in [3.05, 3.63) is 64.4 Å². The Morgan fingerprint density at radius 1 is 1.19 bits per heavy atom. The highest BCUT2D eigenvalue weighted by molar-refractivity contribution is 5.92. The van der Waals surface area contributed by atoms with E-state index >= 15 is 0 Å². The molecular weight excluding hydrogens is 334 g/mol. The highest BCUT2D eigenvalue weighted by atomic mass is 16.5. The molecule has 1 amide bonds. The summed E-state index contributed by atoms with van der Waals surface area (Å²) in [6.07, 6.45) is 1.58. The molecule has 3 aromatic rings. The predicted octanol–water partition coefficient (Wildman–Crippen LogP) is 1.81. The molecule has 1 aromatic carbocycles. The number of carbonyl (C=O) groups is 1. The molecule has 1 atom stereocenters. The Bertz CT molecular complexity index is 995. The zero-order valence-corrected chi connectivity index (χ0v) is 14.2. The van der Waals surface area contributed by atoms with E-state index in [1.807, 2.05) is 30.3 Å². The molecule has 0 aliphatic carbocycles. The normalized spacial score (nSPS) is 16.8. The maximum Gasteiger partial charge on any atom is 0.274 e. The lowest BCUT2D eigenvalue weighted by Gasteiger charge is -2.21. The number of rotatable bonds is 3. The molecule has 0 N–H and O–H groups in total. The van der Waals surface area contributed by atoms with Crippen molar-refractivity contribution in [1.29, 1.82) is 0 Å².